The summed E-state index contributed by atoms with van der Waals surface area (Å²) >= 11 is 0. The van der Waals surface area contributed by atoms with Gasteiger partial charge in [0.2, 0.25) is 0 Å². The highest BCUT2D eigenvalue weighted by molar-refractivity contribution is 7.65. The van der Waals surface area contributed by atoms with Crippen molar-refractivity contribution in [2.75, 3.05) is 6.29 Å². The minimum Gasteiger partial charge on any atom is -0.379 e. The molecule has 2 N–H and O–H groups in total. The maximum Gasteiger partial charge on any atom is 0.123 e. The lowest BCUT2D eigenvalue weighted by Gasteiger charge is -2.36. The molecule has 1 aliphatic heterocycles. The number of nitrogens with zero attached hydrogens (tertiary/aromatic N) is 1. The molecule has 4 rings (SSSR count). The number of aliphatic hydroxyl groups excluding tert-OH is 2. The van der Waals surface area contributed by atoms with Crippen LogP contribution in [-0.4, -0.2) is 33.9 Å². The number of hydrogen-bond donors (Lipinski definition) is 2. The van der Waals surface area contributed by atoms with E-state index in [0.29, 0.717) is 0 Å². The largest absolute Gasteiger partial charge is 0.379 e. The molecule has 0 saturated carbocycles. The molecule has 0 amide bonds. The van der Waals surface area contributed by atoms with E-state index in [-0.39, 0.29) is 17.6 Å². The van der Waals surface area contributed by atoms with Gasteiger partial charge >= 0.3 is 0 Å². The zero-order valence-electron chi connectivity index (χ0n) is 18.5. The van der Waals surface area contributed by atoms with Gasteiger partial charge in [0.05, 0.1) is 17.6 Å². The third-order valence-corrected chi connectivity index (χ3v) is 9.86. The molecule has 5 atom stereocenters. The summed E-state index contributed by atoms with van der Waals surface area (Å²) in [4.78, 5) is 1.52. The van der Waals surface area contributed by atoms with Crippen LogP contribution in [0.4, 0.5) is 0 Å². The van der Waals surface area contributed by atoms with Gasteiger partial charge in [-0.1, -0.05) is 97.1 Å². The fourth-order valence-corrected chi connectivity index (χ4v) is 8.82. The number of aliphatic hydroxyl groups is 2. The first-order chi connectivity index (χ1) is 15.4. The Balaban J connectivity index is 1.92. The molecule has 5 unspecified atom stereocenters. The molecule has 0 spiro atoms. The van der Waals surface area contributed by atoms with E-state index in [1.807, 2.05) is 78.9 Å². The molecule has 3 aromatic carbocycles. The van der Waals surface area contributed by atoms with Crippen LogP contribution in [-0.2, 0) is 4.57 Å². The quantitative estimate of drug-likeness (QED) is 0.352. The van der Waals surface area contributed by atoms with E-state index in [0.717, 1.165) is 22.3 Å². The second-order valence-corrected chi connectivity index (χ2v) is 11.5. The van der Waals surface area contributed by atoms with Crippen molar-refractivity contribution in [1.29, 1.82) is 0 Å². The van der Waals surface area contributed by atoms with Gasteiger partial charge in [-0.3, -0.25) is 0 Å². The van der Waals surface area contributed by atoms with Gasteiger partial charge in [0.25, 0.3) is 0 Å². The van der Waals surface area contributed by atoms with Crippen molar-refractivity contribution >= 4 is 12.7 Å². The summed E-state index contributed by atoms with van der Waals surface area (Å²) in [6.07, 6.45) is 0.406. The lowest BCUT2D eigenvalue weighted by atomic mass is 9.96. The van der Waals surface area contributed by atoms with Gasteiger partial charge in [-0.2, -0.15) is 0 Å². The minimum atomic E-state index is -3.11. The van der Waals surface area contributed by atoms with Crippen LogP contribution in [0.3, 0.4) is 0 Å². The van der Waals surface area contributed by atoms with Gasteiger partial charge in [0.1, 0.15) is 19.6 Å². The SMILES string of the molecule is CC(O)N(CP1(=O)C(c2ccccc2)C=C(c2ccccc2)C1c1ccccc1)C(C)O. The maximum absolute atomic E-state index is 15.2. The summed E-state index contributed by atoms with van der Waals surface area (Å²) in [5.41, 5.74) is 3.39. The molecule has 0 radical (unpaired) electrons. The Labute approximate surface area is 190 Å². The summed E-state index contributed by atoms with van der Waals surface area (Å²) in [7, 11) is -3.11. The molecule has 166 valence electrons. The van der Waals surface area contributed by atoms with Crippen LogP contribution in [0.5, 0.6) is 0 Å². The van der Waals surface area contributed by atoms with E-state index in [1.54, 1.807) is 13.8 Å². The molecule has 4 nitrogen and oxygen atoms in total. The van der Waals surface area contributed by atoms with E-state index < -0.39 is 19.6 Å². The fraction of sp³-hybridized carbons (Fsp3) is 0.259. The van der Waals surface area contributed by atoms with Gasteiger partial charge in [-0.25, -0.2) is 4.90 Å². The van der Waals surface area contributed by atoms with Crippen LogP contribution in [0.15, 0.2) is 97.1 Å². The Bertz CT molecular complexity index is 1090. The first kappa shape index (κ1) is 22.7. The highest BCUT2D eigenvalue weighted by Crippen LogP contribution is 2.77. The van der Waals surface area contributed by atoms with Gasteiger partial charge in [-0.15, -0.1) is 0 Å². The molecular formula is C27H30NO3P. The molecule has 1 aliphatic rings. The van der Waals surface area contributed by atoms with E-state index in [9.17, 15) is 10.2 Å². The third kappa shape index (κ3) is 4.37. The van der Waals surface area contributed by atoms with Crippen LogP contribution in [0.2, 0.25) is 0 Å². The first-order valence-electron chi connectivity index (χ1n) is 11.0. The molecule has 0 aromatic heterocycles. The zero-order chi connectivity index (χ0) is 22.7. The van der Waals surface area contributed by atoms with E-state index in [4.69, 9.17) is 0 Å². The number of rotatable bonds is 7. The lowest BCUT2D eigenvalue weighted by Crippen LogP contribution is -2.41. The van der Waals surface area contributed by atoms with Crippen LogP contribution < -0.4 is 0 Å². The van der Waals surface area contributed by atoms with E-state index >= 15 is 4.57 Å². The number of benzene rings is 3. The highest BCUT2D eigenvalue weighted by atomic mass is 31.2. The smallest absolute Gasteiger partial charge is 0.123 e. The van der Waals surface area contributed by atoms with Gasteiger partial charge in [0.15, 0.2) is 0 Å². The topological polar surface area (TPSA) is 60.8 Å². The molecule has 1 heterocycles. The van der Waals surface area contributed by atoms with Crippen molar-refractivity contribution in [3.63, 3.8) is 0 Å². The lowest BCUT2D eigenvalue weighted by molar-refractivity contribution is -0.0728. The third-order valence-electron chi connectivity index (χ3n) is 6.25. The molecular weight excluding hydrogens is 417 g/mol. The summed E-state index contributed by atoms with van der Waals surface area (Å²) in [6.45, 7) is 3.21. The summed E-state index contributed by atoms with van der Waals surface area (Å²) < 4.78 is 15.2. The van der Waals surface area contributed by atoms with E-state index in [1.165, 1.54) is 4.90 Å². The van der Waals surface area contributed by atoms with Crippen molar-refractivity contribution in [1.82, 2.24) is 4.90 Å². The Morgan fingerprint density at radius 1 is 0.781 bits per heavy atom. The zero-order valence-corrected chi connectivity index (χ0v) is 19.3. The van der Waals surface area contributed by atoms with Crippen molar-refractivity contribution in [2.45, 2.75) is 37.6 Å². The van der Waals surface area contributed by atoms with Gasteiger partial charge in [0, 0.05) is 0 Å². The molecule has 0 bridgehead atoms. The number of allylic oxidation sites excluding steroid dienone is 2. The Kier molecular flexibility index (Phi) is 6.78. The highest BCUT2D eigenvalue weighted by Gasteiger charge is 2.49. The predicted molar refractivity (Wildman–Crippen MR) is 130 cm³/mol. The van der Waals surface area contributed by atoms with Crippen LogP contribution >= 0.6 is 7.14 Å². The molecule has 0 aliphatic carbocycles. The molecule has 32 heavy (non-hydrogen) atoms. The molecule has 5 heteroatoms. The Hall–Kier alpha value is -2.49. The second kappa shape index (κ2) is 9.56. The monoisotopic (exact) mass is 447 g/mol. The predicted octanol–water partition coefficient (Wildman–Crippen LogP) is 5.87. The number of hydrogen-bond acceptors (Lipinski definition) is 4. The van der Waals surface area contributed by atoms with Crippen molar-refractivity contribution in [2.24, 2.45) is 0 Å². The average molecular weight is 448 g/mol. The Morgan fingerprint density at radius 3 is 1.75 bits per heavy atom. The summed E-state index contributed by atoms with van der Waals surface area (Å²) in [5.74, 6) is 0. The van der Waals surface area contributed by atoms with Crippen LogP contribution in [0.25, 0.3) is 5.57 Å². The van der Waals surface area contributed by atoms with Crippen molar-refractivity contribution in [3.8, 4) is 0 Å². The molecule has 0 saturated heterocycles. The van der Waals surface area contributed by atoms with Gasteiger partial charge < -0.3 is 14.8 Å². The average Bonchev–Trinajstić information content (AvgIpc) is 3.12. The van der Waals surface area contributed by atoms with Crippen molar-refractivity contribution in [3.05, 3.63) is 114 Å². The summed E-state index contributed by atoms with van der Waals surface area (Å²) in [6, 6.07) is 29.9. The first-order valence-corrected chi connectivity index (χ1v) is 13.0. The van der Waals surface area contributed by atoms with Crippen molar-refractivity contribution < 1.29 is 14.8 Å². The second-order valence-electron chi connectivity index (χ2n) is 8.43. The fourth-order valence-electron chi connectivity index (χ4n) is 4.71. The standard InChI is InChI=1S/C27H30NO3P/c1-20(29)28(21(2)30)19-32(31)26(23-14-8-4-9-15-23)18-25(22-12-6-3-7-13-22)27(32)24-16-10-5-11-17-24/h3-18,20-21,26-27,29-30H,19H2,1-2H3. The van der Waals surface area contributed by atoms with Crippen LogP contribution in [0, 0.1) is 0 Å². The van der Waals surface area contributed by atoms with Crippen LogP contribution in [0.1, 0.15) is 41.9 Å². The normalized spacial score (nSPS) is 24.8. The molecule has 0 fully saturated rings. The van der Waals surface area contributed by atoms with Gasteiger partial charge in [-0.05, 0) is 36.1 Å². The minimum absolute atomic E-state index is 0.105. The summed E-state index contributed by atoms with van der Waals surface area (Å²) in [5, 5.41) is 20.8. The Morgan fingerprint density at radius 2 is 1.25 bits per heavy atom. The molecule has 3 aromatic rings. The van der Waals surface area contributed by atoms with E-state index in [2.05, 4.69) is 18.2 Å². The maximum atomic E-state index is 15.2.